The highest BCUT2D eigenvalue weighted by molar-refractivity contribution is 7.09. The molecular weight excluding hydrogens is 250 g/mol. The summed E-state index contributed by atoms with van der Waals surface area (Å²) >= 11 is 1.53. The molecule has 2 atom stereocenters. The summed E-state index contributed by atoms with van der Waals surface area (Å²) in [5, 5.41) is 5.78. The number of hydrogen-bond acceptors (Lipinski definition) is 5. The normalized spacial score (nSPS) is 24.2. The molecule has 0 bridgehead atoms. The lowest BCUT2D eigenvalue weighted by molar-refractivity contribution is -0.133. The molecule has 2 rings (SSSR count). The molecule has 0 aliphatic carbocycles. The monoisotopic (exact) mass is 269 g/mol. The minimum absolute atomic E-state index is 0.0173. The third kappa shape index (κ3) is 2.88. The molecule has 1 aromatic rings. The Morgan fingerprint density at radius 2 is 2.44 bits per heavy atom. The summed E-state index contributed by atoms with van der Waals surface area (Å²) in [5.74, 6) is -0.0776. The van der Waals surface area contributed by atoms with Gasteiger partial charge in [-0.15, -0.1) is 11.3 Å². The smallest absolute Gasteiger partial charge is 0.249 e. The van der Waals surface area contributed by atoms with Crippen molar-refractivity contribution in [3.8, 4) is 0 Å². The Balaban J connectivity index is 1.95. The van der Waals surface area contributed by atoms with Gasteiger partial charge in [0.05, 0.1) is 11.6 Å². The van der Waals surface area contributed by atoms with Gasteiger partial charge in [0.25, 0.3) is 0 Å². The summed E-state index contributed by atoms with van der Waals surface area (Å²) in [6.45, 7) is 4.36. The van der Waals surface area contributed by atoms with Crippen LogP contribution in [0, 0.1) is 0 Å². The Bertz CT molecular complexity index is 405. The van der Waals surface area contributed by atoms with Gasteiger partial charge in [-0.05, 0) is 26.7 Å². The molecule has 0 spiro atoms. The molecule has 0 radical (unpaired) electrons. The van der Waals surface area contributed by atoms with Crippen molar-refractivity contribution in [3.05, 3.63) is 16.6 Å². The first kappa shape index (κ1) is 13.5. The van der Waals surface area contributed by atoms with Crippen molar-refractivity contribution in [1.29, 1.82) is 0 Å². The molecule has 0 unspecified atom stereocenters. The van der Waals surface area contributed by atoms with E-state index in [0.717, 1.165) is 17.8 Å². The Kier molecular flexibility index (Phi) is 3.99. The van der Waals surface area contributed by atoms with Gasteiger partial charge in [0, 0.05) is 18.1 Å². The summed E-state index contributed by atoms with van der Waals surface area (Å²) in [5.41, 5.74) is 5.07. The topological polar surface area (TPSA) is 77.2 Å². The molecular formula is C12H19N3O2S. The van der Waals surface area contributed by atoms with Crippen LogP contribution in [0.1, 0.15) is 31.7 Å². The van der Waals surface area contributed by atoms with E-state index in [0.29, 0.717) is 6.54 Å². The van der Waals surface area contributed by atoms with Gasteiger partial charge < -0.3 is 15.8 Å². The molecule has 5 nitrogen and oxygen atoms in total. The minimum atomic E-state index is -0.463. The average molecular weight is 269 g/mol. The van der Waals surface area contributed by atoms with Crippen LogP contribution in [0.5, 0.6) is 0 Å². The van der Waals surface area contributed by atoms with Gasteiger partial charge in [-0.25, -0.2) is 4.98 Å². The number of carbonyl (C=O) groups excluding carboxylic acids is 1. The van der Waals surface area contributed by atoms with E-state index in [9.17, 15) is 4.79 Å². The maximum atomic E-state index is 12.1. The van der Waals surface area contributed by atoms with E-state index in [1.165, 1.54) is 11.3 Å². The predicted octanol–water partition coefficient (Wildman–Crippen LogP) is 1.00. The van der Waals surface area contributed by atoms with E-state index < -0.39 is 5.54 Å². The SMILES string of the molecule is CC(C)(NC(=O)[C@@H]1CC[C@H](CN)O1)c1nccs1. The fraction of sp³-hybridized carbons (Fsp3) is 0.667. The van der Waals surface area contributed by atoms with Gasteiger partial charge in [-0.3, -0.25) is 4.79 Å². The van der Waals surface area contributed by atoms with E-state index in [1.54, 1.807) is 6.20 Å². The van der Waals surface area contributed by atoms with Gasteiger partial charge in [0.15, 0.2) is 0 Å². The number of nitrogens with zero attached hydrogens (tertiary/aromatic N) is 1. The summed E-state index contributed by atoms with van der Waals surface area (Å²) < 4.78 is 5.58. The fourth-order valence-electron chi connectivity index (χ4n) is 2.05. The first-order valence-corrected chi connectivity index (χ1v) is 6.98. The molecule has 0 aromatic carbocycles. The van der Waals surface area contributed by atoms with Crippen molar-refractivity contribution >= 4 is 17.2 Å². The van der Waals surface area contributed by atoms with Gasteiger partial charge in [-0.1, -0.05) is 0 Å². The fourth-order valence-corrected chi connectivity index (χ4v) is 2.76. The lowest BCUT2D eigenvalue weighted by Gasteiger charge is -2.25. The molecule has 6 heteroatoms. The molecule has 1 aliphatic heterocycles. The second-order valence-corrected chi connectivity index (χ2v) is 5.91. The highest BCUT2D eigenvalue weighted by atomic mass is 32.1. The van der Waals surface area contributed by atoms with E-state index in [4.69, 9.17) is 10.5 Å². The number of rotatable bonds is 4. The zero-order valence-electron chi connectivity index (χ0n) is 10.7. The molecule has 1 aromatic heterocycles. The van der Waals surface area contributed by atoms with Crippen molar-refractivity contribution < 1.29 is 9.53 Å². The number of hydrogen-bond donors (Lipinski definition) is 2. The van der Waals surface area contributed by atoms with Crippen LogP contribution >= 0.6 is 11.3 Å². The maximum Gasteiger partial charge on any atom is 0.249 e. The Labute approximate surface area is 111 Å². The molecule has 18 heavy (non-hydrogen) atoms. The van der Waals surface area contributed by atoms with Gasteiger partial charge in [0.1, 0.15) is 11.1 Å². The third-order valence-corrected chi connectivity index (χ3v) is 4.16. The first-order valence-electron chi connectivity index (χ1n) is 6.10. The molecule has 3 N–H and O–H groups in total. The molecule has 1 fully saturated rings. The van der Waals surface area contributed by atoms with E-state index in [2.05, 4.69) is 10.3 Å². The molecule has 1 saturated heterocycles. The molecule has 2 heterocycles. The van der Waals surface area contributed by atoms with Crippen molar-refractivity contribution in [2.75, 3.05) is 6.54 Å². The molecule has 1 amide bonds. The maximum absolute atomic E-state index is 12.1. The zero-order valence-corrected chi connectivity index (χ0v) is 11.5. The zero-order chi connectivity index (χ0) is 13.2. The predicted molar refractivity (Wildman–Crippen MR) is 70.2 cm³/mol. The van der Waals surface area contributed by atoms with Gasteiger partial charge in [0.2, 0.25) is 5.91 Å². The van der Waals surface area contributed by atoms with Gasteiger partial charge >= 0.3 is 0 Å². The second-order valence-electron chi connectivity index (χ2n) is 5.01. The van der Waals surface area contributed by atoms with E-state index in [1.807, 2.05) is 19.2 Å². The van der Waals surface area contributed by atoms with Crippen LogP contribution in [0.2, 0.25) is 0 Å². The second kappa shape index (κ2) is 5.34. The summed E-state index contributed by atoms with van der Waals surface area (Å²) in [6, 6.07) is 0. The molecule has 0 saturated carbocycles. The first-order chi connectivity index (χ1) is 8.53. The van der Waals surface area contributed by atoms with Crippen LogP contribution in [-0.2, 0) is 15.1 Å². The van der Waals surface area contributed by atoms with Crippen LogP contribution in [-0.4, -0.2) is 29.6 Å². The van der Waals surface area contributed by atoms with Crippen molar-refractivity contribution in [3.63, 3.8) is 0 Å². The van der Waals surface area contributed by atoms with Crippen LogP contribution in [0.25, 0.3) is 0 Å². The van der Waals surface area contributed by atoms with Crippen molar-refractivity contribution in [2.45, 2.75) is 44.4 Å². The standard InChI is InChI=1S/C12H19N3O2S/c1-12(2,11-14-5-6-18-11)15-10(16)9-4-3-8(7-13)17-9/h5-6,8-9H,3-4,7,13H2,1-2H3,(H,15,16)/t8-,9+/m1/s1. The lowest BCUT2D eigenvalue weighted by atomic mass is 10.1. The van der Waals surface area contributed by atoms with Gasteiger partial charge in [-0.2, -0.15) is 0 Å². The number of aromatic nitrogens is 1. The summed E-state index contributed by atoms with van der Waals surface area (Å²) in [6.07, 6.45) is 2.97. The quantitative estimate of drug-likeness (QED) is 0.855. The van der Waals surface area contributed by atoms with Crippen LogP contribution in [0.4, 0.5) is 0 Å². The number of amides is 1. The number of thiazole rings is 1. The van der Waals surface area contributed by atoms with Crippen LogP contribution in [0.15, 0.2) is 11.6 Å². The van der Waals surface area contributed by atoms with E-state index >= 15 is 0 Å². The van der Waals surface area contributed by atoms with Crippen LogP contribution < -0.4 is 11.1 Å². The van der Waals surface area contributed by atoms with E-state index in [-0.39, 0.29) is 18.1 Å². The highest BCUT2D eigenvalue weighted by Crippen LogP contribution is 2.24. The average Bonchev–Trinajstić information content (AvgIpc) is 3.00. The Morgan fingerprint density at radius 1 is 1.67 bits per heavy atom. The number of nitrogens with two attached hydrogens (primary N) is 1. The Morgan fingerprint density at radius 3 is 3.00 bits per heavy atom. The summed E-state index contributed by atoms with van der Waals surface area (Å²) in [4.78, 5) is 16.4. The molecule has 100 valence electrons. The summed E-state index contributed by atoms with van der Waals surface area (Å²) in [7, 11) is 0. The number of carbonyl (C=O) groups is 1. The lowest BCUT2D eigenvalue weighted by Crippen LogP contribution is -2.46. The largest absolute Gasteiger partial charge is 0.364 e. The minimum Gasteiger partial charge on any atom is -0.364 e. The van der Waals surface area contributed by atoms with Crippen molar-refractivity contribution in [2.24, 2.45) is 5.73 Å². The Hall–Kier alpha value is -0.980. The molecule has 1 aliphatic rings. The highest BCUT2D eigenvalue weighted by Gasteiger charge is 2.34. The van der Waals surface area contributed by atoms with Crippen LogP contribution in [0.3, 0.4) is 0 Å². The number of nitrogens with one attached hydrogen (secondary N) is 1. The third-order valence-electron chi connectivity index (χ3n) is 3.07. The van der Waals surface area contributed by atoms with Crippen molar-refractivity contribution in [1.82, 2.24) is 10.3 Å². The number of ether oxygens (including phenoxy) is 1.